The third-order valence-electron chi connectivity index (χ3n) is 3.14. The fraction of sp³-hybridized carbons (Fsp3) is 0.133. The van der Waals surface area contributed by atoms with E-state index >= 15 is 0 Å². The van der Waals surface area contributed by atoms with Crippen LogP contribution < -0.4 is 15.6 Å². The lowest BCUT2D eigenvalue weighted by Crippen LogP contribution is -2.07. The number of nitrogens with zero attached hydrogens (tertiary/aromatic N) is 2. The van der Waals surface area contributed by atoms with Gasteiger partial charge in [0.2, 0.25) is 11.5 Å². The zero-order valence-corrected chi connectivity index (χ0v) is 12.5. The molecule has 0 bridgehead atoms. The summed E-state index contributed by atoms with van der Waals surface area (Å²) in [5.74, 6) is 1.06. The summed E-state index contributed by atoms with van der Waals surface area (Å²) >= 11 is 6.08. The van der Waals surface area contributed by atoms with Gasteiger partial charge < -0.3 is 15.0 Å². The highest BCUT2D eigenvalue weighted by Gasteiger charge is 2.04. The maximum atomic E-state index is 11.3. The van der Waals surface area contributed by atoms with Crippen LogP contribution in [0.4, 0.5) is 5.95 Å². The Morgan fingerprint density at radius 3 is 2.95 bits per heavy atom. The van der Waals surface area contributed by atoms with Gasteiger partial charge in [-0.05, 0) is 23.8 Å². The molecule has 112 valence electrons. The van der Waals surface area contributed by atoms with E-state index < -0.39 is 0 Å². The number of aromatic nitrogens is 3. The quantitative estimate of drug-likeness (QED) is 0.773. The summed E-state index contributed by atoms with van der Waals surface area (Å²) in [4.78, 5) is 22.5. The molecule has 0 unspecified atom stereocenters. The molecule has 0 aliphatic heterocycles. The molecule has 2 aromatic heterocycles. The van der Waals surface area contributed by atoms with Crippen LogP contribution >= 0.6 is 11.6 Å². The molecule has 0 aliphatic rings. The molecule has 3 rings (SSSR count). The normalized spacial score (nSPS) is 10.6. The van der Waals surface area contributed by atoms with Gasteiger partial charge in [-0.3, -0.25) is 4.79 Å². The first kappa shape index (κ1) is 14.3. The SMILES string of the molecule is COc1ccc(CNc2ncc3ccc(=O)[nH]c3n2)cc1Cl. The fourth-order valence-corrected chi connectivity index (χ4v) is 2.30. The Bertz CT molecular complexity index is 879. The van der Waals surface area contributed by atoms with E-state index in [2.05, 4.69) is 20.3 Å². The number of aromatic amines is 1. The maximum absolute atomic E-state index is 11.3. The van der Waals surface area contributed by atoms with Crippen LogP contribution in [-0.2, 0) is 6.54 Å². The van der Waals surface area contributed by atoms with Crippen LogP contribution in [-0.4, -0.2) is 22.1 Å². The lowest BCUT2D eigenvalue weighted by Gasteiger charge is -2.08. The van der Waals surface area contributed by atoms with Crippen LogP contribution in [0.15, 0.2) is 41.3 Å². The summed E-state index contributed by atoms with van der Waals surface area (Å²) in [5, 5.41) is 4.42. The van der Waals surface area contributed by atoms with Crippen molar-refractivity contribution >= 4 is 28.6 Å². The predicted octanol–water partition coefficient (Wildman–Crippen LogP) is 2.59. The van der Waals surface area contributed by atoms with Gasteiger partial charge in [0.1, 0.15) is 11.4 Å². The largest absolute Gasteiger partial charge is 0.495 e. The number of H-pyrrole nitrogens is 1. The van der Waals surface area contributed by atoms with Crippen LogP contribution in [0.2, 0.25) is 5.02 Å². The van der Waals surface area contributed by atoms with Crippen LogP contribution in [0, 0.1) is 0 Å². The van der Waals surface area contributed by atoms with E-state index in [0.29, 0.717) is 28.9 Å². The van der Waals surface area contributed by atoms with Crippen molar-refractivity contribution in [2.24, 2.45) is 0 Å². The lowest BCUT2D eigenvalue weighted by molar-refractivity contribution is 0.415. The Balaban J connectivity index is 1.78. The van der Waals surface area contributed by atoms with E-state index in [4.69, 9.17) is 16.3 Å². The predicted molar refractivity (Wildman–Crippen MR) is 85.5 cm³/mol. The molecule has 6 nitrogen and oxygen atoms in total. The molecule has 22 heavy (non-hydrogen) atoms. The summed E-state index contributed by atoms with van der Waals surface area (Å²) in [7, 11) is 1.57. The zero-order valence-electron chi connectivity index (χ0n) is 11.8. The highest BCUT2D eigenvalue weighted by molar-refractivity contribution is 6.32. The van der Waals surface area contributed by atoms with Crippen molar-refractivity contribution in [3.8, 4) is 5.75 Å². The molecule has 0 fully saturated rings. The summed E-state index contributed by atoms with van der Waals surface area (Å²) in [6, 6.07) is 8.65. The molecule has 7 heteroatoms. The van der Waals surface area contributed by atoms with Crippen molar-refractivity contribution in [3.05, 3.63) is 57.5 Å². The minimum Gasteiger partial charge on any atom is -0.495 e. The molecule has 1 aromatic carbocycles. The number of fused-ring (bicyclic) bond motifs is 1. The summed E-state index contributed by atoms with van der Waals surface area (Å²) in [6.45, 7) is 0.506. The van der Waals surface area contributed by atoms with E-state index in [1.54, 1.807) is 25.4 Å². The lowest BCUT2D eigenvalue weighted by atomic mass is 10.2. The molecule has 2 heterocycles. The Morgan fingerprint density at radius 1 is 1.32 bits per heavy atom. The minimum atomic E-state index is -0.195. The molecule has 0 atom stereocenters. The number of benzene rings is 1. The molecule has 0 spiro atoms. The van der Waals surface area contributed by atoms with Crippen LogP contribution in [0.3, 0.4) is 0 Å². The number of hydrogen-bond donors (Lipinski definition) is 2. The summed E-state index contributed by atoms with van der Waals surface area (Å²) in [6.07, 6.45) is 1.65. The third-order valence-corrected chi connectivity index (χ3v) is 3.44. The van der Waals surface area contributed by atoms with Crippen molar-refractivity contribution in [1.82, 2.24) is 15.0 Å². The number of anilines is 1. The fourth-order valence-electron chi connectivity index (χ4n) is 2.02. The smallest absolute Gasteiger partial charge is 0.249 e. The van der Waals surface area contributed by atoms with Crippen molar-refractivity contribution in [2.45, 2.75) is 6.54 Å². The number of methoxy groups -OCH3 is 1. The second-order valence-electron chi connectivity index (χ2n) is 4.64. The number of pyridine rings is 1. The Hall–Kier alpha value is -2.60. The van der Waals surface area contributed by atoms with Gasteiger partial charge in [0.25, 0.3) is 0 Å². The molecular formula is C15H13ClN4O2. The van der Waals surface area contributed by atoms with E-state index in [1.807, 2.05) is 12.1 Å². The van der Waals surface area contributed by atoms with E-state index in [0.717, 1.165) is 10.9 Å². The van der Waals surface area contributed by atoms with Crippen molar-refractivity contribution in [1.29, 1.82) is 0 Å². The van der Waals surface area contributed by atoms with Crippen LogP contribution in [0.25, 0.3) is 11.0 Å². The third kappa shape index (κ3) is 3.01. The monoisotopic (exact) mass is 316 g/mol. The van der Waals surface area contributed by atoms with Gasteiger partial charge in [-0.15, -0.1) is 0 Å². The number of nitrogens with one attached hydrogen (secondary N) is 2. The maximum Gasteiger partial charge on any atom is 0.249 e. The Kier molecular flexibility index (Phi) is 3.93. The average molecular weight is 317 g/mol. The van der Waals surface area contributed by atoms with Crippen molar-refractivity contribution in [3.63, 3.8) is 0 Å². The number of halogens is 1. The standard InChI is InChI=1S/C15H13ClN4O2/c1-22-12-4-2-9(6-11(12)16)7-17-15-18-8-10-3-5-13(21)19-14(10)20-15/h2-6,8H,7H2,1H3,(H2,17,18,19,20,21). The van der Waals surface area contributed by atoms with Crippen molar-refractivity contribution in [2.75, 3.05) is 12.4 Å². The molecule has 0 radical (unpaired) electrons. The highest BCUT2D eigenvalue weighted by Crippen LogP contribution is 2.25. The zero-order chi connectivity index (χ0) is 15.5. The van der Waals surface area contributed by atoms with Gasteiger partial charge in [-0.25, -0.2) is 4.98 Å². The first-order chi connectivity index (χ1) is 10.7. The van der Waals surface area contributed by atoms with Gasteiger partial charge in [-0.1, -0.05) is 17.7 Å². The second-order valence-corrected chi connectivity index (χ2v) is 5.05. The van der Waals surface area contributed by atoms with Gasteiger partial charge in [0, 0.05) is 24.2 Å². The van der Waals surface area contributed by atoms with Gasteiger partial charge in [0.05, 0.1) is 12.1 Å². The number of ether oxygens (including phenoxy) is 1. The minimum absolute atomic E-state index is 0.195. The van der Waals surface area contributed by atoms with Crippen LogP contribution in [0.5, 0.6) is 5.75 Å². The highest BCUT2D eigenvalue weighted by atomic mass is 35.5. The molecule has 3 aromatic rings. The van der Waals surface area contributed by atoms with Gasteiger partial charge >= 0.3 is 0 Å². The van der Waals surface area contributed by atoms with E-state index in [-0.39, 0.29) is 5.56 Å². The van der Waals surface area contributed by atoms with E-state index in [9.17, 15) is 4.79 Å². The molecule has 0 amide bonds. The Morgan fingerprint density at radius 2 is 2.18 bits per heavy atom. The molecular weight excluding hydrogens is 304 g/mol. The molecule has 0 saturated carbocycles. The first-order valence-corrected chi connectivity index (χ1v) is 6.96. The first-order valence-electron chi connectivity index (χ1n) is 6.58. The molecule has 2 N–H and O–H groups in total. The number of rotatable bonds is 4. The van der Waals surface area contributed by atoms with Gasteiger partial charge in [-0.2, -0.15) is 4.98 Å². The summed E-state index contributed by atoms with van der Waals surface area (Å²) < 4.78 is 5.11. The van der Waals surface area contributed by atoms with Crippen molar-refractivity contribution < 1.29 is 4.74 Å². The van der Waals surface area contributed by atoms with E-state index in [1.165, 1.54) is 6.07 Å². The summed E-state index contributed by atoms with van der Waals surface area (Å²) in [5.41, 5.74) is 1.27. The van der Waals surface area contributed by atoms with Gasteiger partial charge in [0.15, 0.2) is 0 Å². The second kappa shape index (κ2) is 6.03. The average Bonchev–Trinajstić information content (AvgIpc) is 2.52. The molecule has 0 aliphatic carbocycles. The topological polar surface area (TPSA) is 79.9 Å². The molecule has 0 saturated heterocycles. The number of hydrogen-bond acceptors (Lipinski definition) is 5. The van der Waals surface area contributed by atoms with Crippen LogP contribution in [0.1, 0.15) is 5.56 Å². The Labute approximate surface area is 131 Å².